The van der Waals surface area contributed by atoms with Crippen molar-refractivity contribution in [1.29, 1.82) is 0 Å². The molecule has 1 unspecified atom stereocenters. The van der Waals surface area contributed by atoms with E-state index in [1.807, 2.05) is 42.5 Å². The molecule has 0 fully saturated rings. The van der Waals surface area contributed by atoms with E-state index < -0.39 is 5.97 Å². The molecular formula is C19H16O5. The van der Waals surface area contributed by atoms with Crippen LogP contribution in [0, 0.1) is 0 Å². The van der Waals surface area contributed by atoms with Gasteiger partial charge in [-0.15, -0.1) is 0 Å². The lowest BCUT2D eigenvalue weighted by Crippen LogP contribution is -2.21. The van der Waals surface area contributed by atoms with Gasteiger partial charge in [0.2, 0.25) is 6.79 Å². The summed E-state index contributed by atoms with van der Waals surface area (Å²) in [6.07, 6.45) is 0.601. The molecule has 1 aliphatic heterocycles. The van der Waals surface area contributed by atoms with Gasteiger partial charge in [-0.2, -0.15) is 0 Å². The van der Waals surface area contributed by atoms with E-state index in [4.69, 9.17) is 14.2 Å². The lowest BCUT2D eigenvalue weighted by Gasteiger charge is -2.28. The quantitative estimate of drug-likeness (QED) is 0.939. The number of rotatable bonds is 3. The van der Waals surface area contributed by atoms with Crippen molar-refractivity contribution in [1.82, 2.24) is 0 Å². The maximum absolute atomic E-state index is 12.0. The molecule has 0 saturated carbocycles. The molecule has 4 rings (SSSR count). The van der Waals surface area contributed by atoms with Crippen molar-refractivity contribution in [2.24, 2.45) is 0 Å². The maximum atomic E-state index is 12.0. The molecule has 5 nitrogen and oxygen atoms in total. The Morgan fingerprint density at radius 2 is 1.96 bits per heavy atom. The molecule has 1 atom stereocenters. The van der Waals surface area contributed by atoms with Crippen molar-refractivity contribution >= 4 is 11.7 Å². The second kappa shape index (κ2) is 5.60. The average molecular weight is 324 g/mol. The Bertz CT molecular complexity index is 853. The van der Waals surface area contributed by atoms with E-state index in [1.54, 1.807) is 0 Å². The predicted molar refractivity (Wildman–Crippen MR) is 87.0 cm³/mol. The first-order valence-corrected chi connectivity index (χ1v) is 7.68. The second-order valence-corrected chi connectivity index (χ2v) is 5.78. The van der Waals surface area contributed by atoms with E-state index >= 15 is 0 Å². The van der Waals surface area contributed by atoms with Crippen LogP contribution < -0.4 is 9.47 Å². The number of benzene rings is 2. The fourth-order valence-corrected chi connectivity index (χ4v) is 3.43. The maximum Gasteiger partial charge on any atom is 0.336 e. The fourth-order valence-electron chi connectivity index (χ4n) is 3.43. The number of hydrogen-bond acceptors (Lipinski definition) is 4. The van der Waals surface area contributed by atoms with Gasteiger partial charge in [-0.05, 0) is 29.7 Å². The molecule has 2 aromatic carbocycles. The van der Waals surface area contributed by atoms with E-state index in [9.17, 15) is 9.90 Å². The first-order valence-electron chi connectivity index (χ1n) is 7.68. The van der Waals surface area contributed by atoms with Gasteiger partial charge in [-0.25, -0.2) is 4.79 Å². The van der Waals surface area contributed by atoms with E-state index in [-0.39, 0.29) is 18.3 Å². The molecule has 122 valence electrons. The topological polar surface area (TPSA) is 65.0 Å². The minimum atomic E-state index is -0.969. The summed E-state index contributed by atoms with van der Waals surface area (Å²) in [6, 6.07) is 13.3. The SMILES string of the molecule is COC1=C(C(=O)O)C(c2ccc3c(c2)OCO3)Cc2ccccc21. The van der Waals surface area contributed by atoms with Gasteiger partial charge < -0.3 is 19.3 Å². The second-order valence-electron chi connectivity index (χ2n) is 5.78. The standard InChI is InChI=1S/C19H16O5/c1-22-18-13-5-3-2-4-11(13)8-14(17(18)19(20)21)12-6-7-15-16(9-12)24-10-23-15/h2-7,9,14H,8,10H2,1H3,(H,20,21). The number of carbonyl (C=O) groups is 1. The summed E-state index contributed by atoms with van der Waals surface area (Å²) in [7, 11) is 1.51. The normalized spacial score (nSPS) is 18.3. The lowest BCUT2D eigenvalue weighted by molar-refractivity contribution is -0.133. The van der Waals surface area contributed by atoms with Crippen molar-refractivity contribution in [3.05, 3.63) is 64.7 Å². The van der Waals surface area contributed by atoms with Gasteiger partial charge in [0.25, 0.3) is 0 Å². The van der Waals surface area contributed by atoms with Crippen LogP contribution in [0.5, 0.6) is 11.5 Å². The molecule has 24 heavy (non-hydrogen) atoms. The molecule has 5 heteroatoms. The average Bonchev–Trinajstić information content (AvgIpc) is 3.07. The van der Waals surface area contributed by atoms with E-state index in [0.29, 0.717) is 23.7 Å². The molecule has 2 aromatic rings. The minimum Gasteiger partial charge on any atom is -0.496 e. The third kappa shape index (κ3) is 2.21. The van der Waals surface area contributed by atoms with Crippen LogP contribution in [0.15, 0.2) is 48.0 Å². The molecule has 0 bridgehead atoms. The molecule has 2 aliphatic rings. The Kier molecular flexibility index (Phi) is 3.41. The fraction of sp³-hybridized carbons (Fsp3) is 0.211. The first-order chi connectivity index (χ1) is 11.7. The molecular weight excluding hydrogens is 308 g/mol. The number of ether oxygens (including phenoxy) is 3. The van der Waals surface area contributed by atoms with Gasteiger partial charge >= 0.3 is 5.97 Å². The predicted octanol–water partition coefficient (Wildman–Crippen LogP) is 3.20. The molecule has 0 radical (unpaired) electrons. The van der Waals surface area contributed by atoms with Crippen molar-refractivity contribution in [3.8, 4) is 11.5 Å². The summed E-state index contributed by atoms with van der Waals surface area (Å²) in [4.78, 5) is 12.0. The summed E-state index contributed by atoms with van der Waals surface area (Å²) in [5.74, 6) is 0.482. The number of hydrogen-bond donors (Lipinski definition) is 1. The summed E-state index contributed by atoms with van der Waals surface area (Å²) in [5, 5.41) is 9.80. The van der Waals surface area contributed by atoms with Crippen LogP contribution in [0.25, 0.3) is 5.76 Å². The zero-order chi connectivity index (χ0) is 16.7. The summed E-state index contributed by atoms with van der Waals surface area (Å²) >= 11 is 0. The molecule has 0 spiro atoms. The molecule has 0 amide bonds. The van der Waals surface area contributed by atoms with Gasteiger partial charge in [0.05, 0.1) is 12.7 Å². The Labute approximate surface area is 139 Å². The lowest BCUT2D eigenvalue weighted by atomic mass is 9.78. The van der Waals surface area contributed by atoms with E-state index in [2.05, 4.69) is 0 Å². The van der Waals surface area contributed by atoms with Crippen LogP contribution in [0.1, 0.15) is 22.6 Å². The Morgan fingerprint density at radius 3 is 2.75 bits per heavy atom. The third-order valence-corrected chi connectivity index (χ3v) is 4.51. The molecule has 0 aromatic heterocycles. The highest BCUT2D eigenvalue weighted by molar-refractivity contribution is 5.98. The van der Waals surface area contributed by atoms with Crippen LogP contribution >= 0.6 is 0 Å². The largest absolute Gasteiger partial charge is 0.496 e. The summed E-state index contributed by atoms with van der Waals surface area (Å²) in [6.45, 7) is 0.192. The van der Waals surface area contributed by atoms with Crippen molar-refractivity contribution < 1.29 is 24.1 Å². The van der Waals surface area contributed by atoms with Gasteiger partial charge in [0.1, 0.15) is 5.76 Å². The van der Waals surface area contributed by atoms with E-state index in [0.717, 1.165) is 16.7 Å². The Morgan fingerprint density at radius 1 is 1.17 bits per heavy atom. The van der Waals surface area contributed by atoms with E-state index in [1.165, 1.54) is 7.11 Å². The van der Waals surface area contributed by atoms with Crippen LogP contribution in [-0.4, -0.2) is 25.0 Å². The third-order valence-electron chi connectivity index (χ3n) is 4.51. The number of methoxy groups -OCH3 is 1. The zero-order valence-electron chi connectivity index (χ0n) is 13.1. The van der Waals surface area contributed by atoms with Gasteiger partial charge in [0, 0.05) is 11.5 Å². The molecule has 1 heterocycles. The van der Waals surface area contributed by atoms with Crippen LogP contribution in [0.4, 0.5) is 0 Å². The van der Waals surface area contributed by atoms with Gasteiger partial charge in [-0.1, -0.05) is 30.3 Å². The van der Waals surface area contributed by atoms with Crippen molar-refractivity contribution in [2.45, 2.75) is 12.3 Å². The Hall–Kier alpha value is -2.95. The highest BCUT2D eigenvalue weighted by atomic mass is 16.7. The number of fused-ring (bicyclic) bond motifs is 2. The number of carboxylic acids is 1. The highest BCUT2D eigenvalue weighted by Gasteiger charge is 2.34. The van der Waals surface area contributed by atoms with Crippen molar-refractivity contribution in [2.75, 3.05) is 13.9 Å². The first kappa shape index (κ1) is 14.6. The van der Waals surface area contributed by atoms with Crippen molar-refractivity contribution in [3.63, 3.8) is 0 Å². The Balaban J connectivity index is 1.87. The van der Waals surface area contributed by atoms with Gasteiger partial charge in [-0.3, -0.25) is 0 Å². The van der Waals surface area contributed by atoms with Gasteiger partial charge in [0.15, 0.2) is 11.5 Å². The summed E-state index contributed by atoms with van der Waals surface area (Å²) < 4.78 is 16.2. The minimum absolute atomic E-state index is 0.192. The molecule has 0 saturated heterocycles. The number of aliphatic carboxylic acids is 1. The highest BCUT2D eigenvalue weighted by Crippen LogP contribution is 2.43. The molecule has 1 aliphatic carbocycles. The monoisotopic (exact) mass is 324 g/mol. The summed E-state index contributed by atoms with van der Waals surface area (Å²) in [5.41, 5.74) is 3.06. The zero-order valence-corrected chi connectivity index (χ0v) is 13.1. The van der Waals surface area contributed by atoms with Crippen LogP contribution in [0.3, 0.4) is 0 Å². The smallest absolute Gasteiger partial charge is 0.336 e. The molecule has 1 N–H and O–H groups in total. The number of carboxylic acid groups (broad SMARTS) is 1. The van der Waals surface area contributed by atoms with Crippen LogP contribution in [0.2, 0.25) is 0 Å². The van der Waals surface area contributed by atoms with Crippen LogP contribution in [-0.2, 0) is 16.0 Å².